The van der Waals surface area contributed by atoms with Crippen molar-refractivity contribution < 1.29 is 5.11 Å². The van der Waals surface area contributed by atoms with Gasteiger partial charge in [0.1, 0.15) is 0 Å². The summed E-state index contributed by atoms with van der Waals surface area (Å²) in [6.07, 6.45) is 1.10. The quantitative estimate of drug-likeness (QED) is 0.834. The van der Waals surface area contributed by atoms with Gasteiger partial charge in [-0.05, 0) is 20.3 Å². The molecule has 1 N–H and O–H groups in total. The van der Waals surface area contributed by atoms with E-state index < -0.39 is 0 Å². The Morgan fingerprint density at radius 2 is 2.21 bits per heavy atom. The fourth-order valence-corrected chi connectivity index (χ4v) is 2.16. The summed E-state index contributed by atoms with van der Waals surface area (Å²) in [6.45, 7) is 6.37. The van der Waals surface area contributed by atoms with Crippen LogP contribution in [-0.4, -0.2) is 23.2 Å². The minimum atomic E-state index is 0.0951. The van der Waals surface area contributed by atoms with Gasteiger partial charge in [0.25, 0.3) is 0 Å². The molecule has 0 aliphatic rings. The number of aliphatic hydroxyl groups is 1. The molecule has 1 aromatic heterocycles. The zero-order valence-electron chi connectivity index (χ0n) is 9.24. The van der Waals surface area contributed by atoms with E-state index in [0.717, 1.165) is 22.1 Å². The van der Waals surface area contributed by atoms with Gasteiger partial charge in [-0.15, -0.1) is 0 Å². The van der Waals surface area contributed by atoms with Gasteiger partial charge in [0, 0.05) is 13.1 Å². The highest BCUT2D eigenvalue weighted by atomic mass is 32.1. The van der Waals surface area contributed by atoms with Gasteiger partial charge in [-0.2, -0.15) is 0 Å². The van der Waals surface area contributed by atoms with Crippen molar-refractivity contribution in [2.45, 2.75) is 39.8 Å². The second-order valence-electron chi connectivity index (χ2n) is 3.53. The predicted molar refractivity (Wildman–Crippen MR) is 60.9 cm³/mol. The van der Waals surface area contributed by atoms with Crippen molar-refractivity contribution in [2.24, 2.45) is 0 Å². The van der Waals surface area contributed by atoms with Crippen LogP contribution in [-0.2, 0) is 6.61 Å². The number of hydrogen-bond acceptors (Lipinski definition) is 4. The molecule has 1 unspecified atom stereocenters. The van der Waals surface area contributed by atoms with Crippen molar-refractivity contribution in [3.63, 3.8) is 0 Å². The van der Waals surface area contributed by atoms with Crippen LogP contribution >= 0.6 is 11.3 Å². The van der Waals surface area contributed by atoms with Gasteiger partial charge in [-0.1, -0.05) is 18.3 Å². The van der Waals surface area contributed by atoms with Gasteiger partial charge in [-0.3, -0.25) is 0 Å². The Hall–Kier alpha value is -0.610. The van der Waals surface area contributed by atoms with E-state index in [-0.39, 0.29) is 6.61 Å². The molecule has 80 valence electrons. The molecule has 0 saturated heterocycles. The van der Waals surface area contributed by atoms with Crippen molar-refractivity contribution in [2.75, 3.05) is 11.9 Å². The van der Waals surface area contributed by atoms with Crippen LogP contribution in [0.2, 0.25) is 0 Å². The molecule has 3 nitrogen and oxygen atoms in total. The van der Waals surface area contributed by atoms with E-state index in [1.54, 1.807) is 11.3 Å². The Balaban J connectivity index is 2.85. The summed E-state index contributed by atoms with van der Waals surface area (Å²) < 4.78 is 0. The number of thiazole rings is 1. The van der Waals surface area contributed by atoms with Gasteiger partial charge < -0.3 is 10.0 Å². The highest BCUT2D eigenvalue weighted by Gasteiger charge is 2.13. The summed E-state index contributed by atoms with van der Waals surface area (Å²) in [4.78, 5) is 7.57. The molecule has 1 aromatic rings. The van der Waals surface area contributed by atoms with E-state index in [4.69, 9.17) is 5.11 Å². The summed E-state index contributed by atoms with van der Waals surface area (Å²) in [6, 6.07) is 0.493. The lowest BCUT2D eigenvalue weighted by molar-refractivity contribution is 0.284. The number of anilines is 1. The molecule has 4 heteroatoms. The summed E-state index contributed by atoms with van der Waals surface area (Å²) in [5.74, 6) is 0. The van der Waals surface area contributed by atoms with Crippen LogP contribution in [0.3, 0.4) is 0 Å². The minimum absolute atomic E-state index is 0.0951. The lowest BCUT2D eigenvalue weighted by atomic mass is 10.2. The van der Waals surface area contributed by atoms with Crippen molar-refractivity contribution in [1.29, 1.82) is 0 Å². The average molecular weight is 214 g/mol. The molecule has 0 spiro atoms. The lowest BCUT2D eigenvalue weighted by Gasteiger charge is -2.22. The van der Waals surface area contributed by atoms with E-state index in [9.17, 15) is 0 Å². The summed E-state index contributed by atoms with van der Waals surface area (Å²) in [7, 11) is 2.05. The van der Waals surface area contributed by atoms with E-state index in [1.165, 1.54) is 0 Å². The minimum Gasteiger partial charge on any atom is -0.391 e. The van der Waals surface area contributed by atoms with Crippen LogP contribution in [0.25, 0.3) is 0 Å². The molecule has 0 aliphatic heterocycles. The highest BCUT2D eigenvalue weighted by Crippen LogP contribution is 2.26. The van der Waals surface area contributed by atoms with Crippen LogP contribution in [0.1, 0.15) is 30.8 Å². The molecule has 0 aromatic carbocycles. The van der Waals surface area contributed by atoms with Crippen molar-refractivity contribution in [1.82, 2.24) is 4.98 Å². The lowest BCUT2D eigenvalue weighted by Crippen LogP contribution is -2.27. The zero-order valence-corrected chi connectivity index (χ0v) is 10.1. The van der Waals surface area contributed by atoms with Gasteiger partial charge in [-0.25, -0.2) is 4.98 Å². The molecule has 0 aliphatic carbocycles. The van der Waals surface area contributed by atoms with Crippen LogP contribution in [0.5, 0.6) is 0 Å². The Labute approximate surface area is 89.4 Å². The van der Waals surface area contributed by atoms with Gasteiger partial charge in [0.2, 0.25) is 0 Å². The molecule has 1 heterocycles. The fourth-order valence-electron chi connectivity index (χ4n) is 1.17. The first-order chi connectivity index (χ1) is 6.60. The number of rotatable bonds is 4. The van der Waals surface area contributed by atoms with Crippen LogP contribution in [0, 0.1) is 6.92 Å². The van der Waals surface area contributed by atoms with E-state index in [1.807, 2.05) is 14.0 Å². The molecule has 1 rings (SSSR count). The van der Waals surface area contributed by atoms with Crippen LogP contribution in [0.15, 0.2) is 0 Å². The SMILES string of the molecule is CCC(C)N(C)c1nc(C)c(CO)s1. The first-order valence-electron chi connectivity index (χ1n) is 4.90. The number of aliphatic hydroxyl groups excluding tert-OH is 1. The number of nitrogens with zero attached hydrogens (tertiary/aromatic N) is 2. The summed E-state index contributed by atoms with van der Waals surface area (Å²) in [5.41, 5.74) is 0.947. The summed E-state index contributed by atoms with van der Waals surface area (Å²) in [5, 5.41) is 10.1. The number of aryl methyl sites for hydroxylation is 1. The molecule has 0 saturated carbocycles. The maximum atomic E-state index is 9.06. The first kappa shape index (κ1) is 11.5. The second kappa shape index (κ2) is 4.75. The number of aromatic nitrogens is 1. The maximum Gasteiger partial charge on any atom is 0.185 e. The Kier molecular flexibility index (Phi) is 3.89. The van der Waals surface area contributed by atoms with E-state index in [0.29, 0.717) is 6.04 Å². The normalized spacial score (nSPS) is 12.9. The smallest absolute Gasteiger partial charge is 0.185 e. The van der Waals surface area contributed by atoms with Crippen LogP contribution < -0.4 is 4.90 Å². The van der Waals surface area contributed by atoms with E-state index >= 15 is 0 Å². The van der Waals surface area contributed by atoms with Gasteiger partial charge in [0.15, 0.2) is 5.13 Å². The van der Waals surface area contributed by atoms with Crippen molar-refractivity contribution in [3.8, 4) is 0 Å². The van der Waals surface area contributed by atoms with Crippen molar-refractivity contribution in [3.05, 3.63) is 10.6 Å². The zero-order chi connectivity index (χ0) is 10.7. The number of hydrogen-bond donors (Lipinski definition) is 1. The largest absolute Gasteiger partial charge is 0.391 e. The predicted octanol–water partition coefficient (Wildman–Crippen LogP) is 2.18. The third-order valence-corrected chi connectivity index (χ3v) is 3.81. The average Bonchev–Trinajstić information content (AvgIpc) is 2.57. The van der Waals surface area contributed by atoms with Gasteiger partial charge >= 0.3 is 0 Å². The molecule has 0 radical (unpaired) electrons. The first-order valence-corrected chi connectivity index (χ1v) is 5.71. The molecular weight excluding hydrogens is 196 g/mol. The Morgan fingerprint density at radius 3 is 2.64 bits per heavy atom. The van der Waals surface area contributed by atoms with Crippen LogP contribution in [0.4, 0.5) is 5.13 Å². The van der Waals surface area contributed by atoms with Crippen molar-refractivity contribution >= 4 is 16.5 Å². The fraction of sp³-hybridized carbons (Fsp3) is 0.700. The summed E-state index contributed by atoms with van der Waals surface area (Å²) >= 11 is 1.58. The monoisotopic (exact) mass is 214 g/mol. The molecule has 0 amide bonds. The maximum absolute atomic E-state index is 9.06. The standard InChI is InChI=1S/C10H18N2OS/c1-5-7(2)12(4)10-11-8(3)9(6-13)14-10/h7,13H,5-6H2,1-4H3. The molecule has 0 fully saturated rings. The molecule has 14 heavy (non-hydrogen) atoms. The highest BCUT2D eigenvalue weighted by molar-refractivity contribution is 7.15. The topological polar surface area (TPSA) is 36.4 Å². The van der Waals surface area contributed by atoms with Gasteiger partial charge in [0.05, 0.1) is 17.2 Å². The molecular formula is C10H18N2OS. The third kappa shape index (κ3) is 2.25. The molecule has 1 atom stereocenters. The Bertz CT molecular complexity index is 298. The molecule has 0 bridgehead atoms. The second-order valence-corrected chi connectivity index (χ2v) is 4.59. The Morgan fingerprint density at radius 1 is 1.57 bits per heavy atom. The van der Waals surface area contributed by atoms with E-state index in [2.05, 4.69) is 23.7 Å². The third-order valence-electron chi connectivity index (χ3n) is 2.58.